The van der Waals surface area contributed by atoms with Crippen molar-refractivity contribution in [1.82, 2.24) is 4.57 Å². The monoisotopic (exact) mass is 269 g/mol. The standard InChI is InChI=1S/C15H15N3S/c1-9(2)18-12-7-5-4-6-10(12)14-13(18)11(8-16)15(17-3)19-14/h4-7,9,17H,1-3H3. The van der Waals surface area contributed by atoms with Gasteiger partial charge in [-0.2, -0.15) is 5.26 Å². The van der Waals surface area contributed by atoms with Crippen molar-refractivity contribution in [3.63, 3.8) is 0 Å². The fourth-order valence-corrected chi connectivity index (χ4v) is 3.78. The van der Waals surface area contributed by atoms with E-state index in [1.165, 1.54) is 15.6 Å². The van der Waals surface area contributed by atoms with E-state index in [9.17, 15) is 5.26 Å². The van der Waals surface area contributed by atoms with Crippen LogP contribution in [0.3, 0.4) is 0 Å². The van der Waals surface area contributed by atoms with E-state index in [2.05, 4.69) is 54.1 Å². The number of aromatic nitrogens is 1. The predicted octanol–water partition coefficient (Wildman–Crippen LogP) is 4.35. The Morgan fingerprint density at radius 2 is 2.05 bits per heavy atom. The van der Waals surface area contributed by atoms with Gasteiger partial charge >= 0.3 is 0 Å². The molecule has 0 radical (unpaired) electrons. The van der Waals surface area contributed by atoms with E-state index < -0.39 is 0 Å². The Morgan fingerprint density at radius 1 is 1.32 bits per heavy atom. The molecule has 3 aromatic rings. The first-order chi connectivity index (χ1) is 9.19. The van der Waals surface area contributed by atoms with Gasteiger partial charge in [0.1, 0.15) is 16.6 Å². The maximum absolute atomic E-state index is 9.47. The summed E-state index contributed by atoms with van der Waals surface area (Å²) in [7, 11) is 1.87. The summed E-state index contributed by atoms with van der Waals surface area (Å²) in [6.45, 7) is 4.31. The number of nitrogens with zero attached hydrogens (tertiary/aromatic N) is 2. The molecule has 2 aromatic heterocycles. The second-order valence-corrected chi connectivity index (χ2v) is 5.85. The Labute approximate surface area is 116 Å². The van der Waals surface area contributed by atoms with Crippen molar-refractivity contribution < 1.29 is 0 Å². The zero-order valence-electron chi connectivity index (χ0n) is 11.2. The van der Waals surface area contributed by atoms with Crippen LogP contribution in [0.1, 0.15) is 25.5 Å². The molecule has 96 valence electrons. The van der Waals surface area contributed by atoms with Crippen LogP contribution in [-0.4, -0.2) is 11.6 Å². The maximum Gasteiger partial charge on any atom is 0.111 e. The number of nitriles is 1. The molecular formula is C15H15N3S. The fraction of sp³-hybridized carbons (Fsp3) is 0.267. The van der Waals surface area contributed by atoms with Crippen LogP contribution in [0, 0.1) is 11.3 Å². The lowest BCUT2D eigenvalue weighted by Crippen LogP contribution is -2.01. The van der Waals surface area contributed by atoms with E-state index in [-0.39, 0.29) is 0 Å². The molecule has 0 atom stereocenters. The summed E-state index contributed by atoms with van der Waals surface area (Å²) >= 11 is 1.66. The van der Waals surface area contributed by atoms with Crippen LogP contribution in [0.5, 0.6) is 0 Å². The summed E-state index contributed by atoms with van der Waals surface area (Å²) in [5, 5.41) is 14.8. The lowest BCUT2D eigenvalue weighted by molar-refractivity contribution is 0.642. The molecule has 0 unspecified atom stereocenters. The number of fused-ring (bicyclic) bond motifs is 3. The summed E-state index contributed by atoms with van der Waals surface area (Å²) in [4.78, 5) is 0. The number of para-hydroxylation sites is 1. The molecule has 0 saturated carbocycles. The summed E-state index contributed by atoms with van der Waals surface area (Å²) in [6.07, 6.45) is 0. The molecule has 0 amide bonds. The molecule has 19 heavy (non-hydrogen) atoms. The molecule has 3 rings (SSSR count). The van der Waals surface area contributed by atoms with Crippen LogP contribution in [-0.2, 0) is 0 Å². The lowest BCUT2D eigenvalue weighted by atomic mass is 10.2. The van der Waals surface area contributed by atoms with Gasteiger partial charge in [-0.25, -0.2) is 0 Å². The van der Waals surface area contributed by atoms with E-state index in [1.54, 1.807) is 11.3 Å². The molecule has 1 N–H and O–H groups in total. The number of rotatable bonds is 2. The average molecular weight is 269 g/mol. The number of benzene rings is 1. The van der Waals surface area contributed by atoms with Crippen LogP contribution in [0.15, 0.2) is 24.3 Å². The molecule has 1 aromatic carbocycles. The molecule has 0 saturated heterocycles. The molecule has 0 spiro atoms. The Hall–Kier alpha value is -1.99. The minimum Gasteiger partial charge on any atom is -0.379 e. The third kappa shape index (κ3) is 1.55. The van der Waals surface area contributed by atoms with Crippen LogP contribution in [0.4, 0.5) is 5.00 Å². The molecule has 0 aliphatic rings. The summed E-state index contributed by atoms with van der Waals surface area (Å²) in [6, 6.07) is 11.0. The van der Waals surface area contributed by atoms with E-state index >= 15 is 0 Å². The van der Waals surface area contributed by atoms with Gasteiger partial charge in [0.25, 0.3) is 0 Å². The van der Waals surface area contributed by atoms with Gasteiger partial charge < -0.3 is 9.88 Å². The number of thiophene rings is 1. The van der Waals surface area contributed by atoms with Gasteiger partial charge in [-0.05, 0) is 19.9 Å². The van der Waals surface area contributed by atoms with Crippen molar-refractivity contribution in [1.29, 1.82) is 5.26 Å². The van der Waals surface area contributed by atoms with Crippen LogP contribution >= 0.6 is 11.3 Å². The van der Waals surface area contributed by atoms with E-state index in [0.717, 1.165) is 16.1 Å². The molecule has 4 heteroatoms. The molecule has 0 aliphatic carbocycles. The Bertz CT molecular complexity index is 802. The highest BCUT2D eigenvalue weighted by Crippen LogP contribution is 2.42. The normalized spacial score (nSPS) is 11.3. The Morgan fingerprint density at radius 3 is 2.68 bits per heavy atom. The number of hydrogen-bond donors (Lipinski definition) is 1. The summed E-state index contributed by atoms with van der Waals surface area (Å²) in [5.41, 5.74) is 3.03. The van der Waals surface area contributed by atoms with Gasteiger partial charge in [0.15, 0.2) is 0 Å². The molecule has 0 fully saturated rings. The highest BCUT2D eigenvalue weighted by Gasteiger charge is 2.20. The molecule has 3 nitrogen and oxygen atoms in total. The molecular weight excluding hydrogens is 254 g/mol. The first kappa shape index (κ1) is 12.1. The minimum absolute atomic E-state index is 0.328. The van der Waals surface area contributed by atoms with Crippen LogP contribution < -0.4 is 5.32 Å². The van der Waals surface area contributed by atoms with E-state index in [0.29, 0.717) is 6.04 Å². The minimum atomic E-state index is 0.328. The van der Waals surface area contributed by atoms with Crippen molar-refractivity contribution in [2.75, 3.05) is 12.4 Å². The zero-order valence-corrected chi connectivity index (χ0v) is 12.0. The Balaban J connectivity index is 2.58. The number of hydrogen-bond acceptors (Lipinski definition) is 3. The first-order valence-electron chi connectivity index (χ1n) is 6.32. The van der Waals surface area contributed by atoms with Crippen molar-refractivity contribution in [3.05, 3.63) is 29.8 Å². The number of anilines is 1. The van der Waals surface area contributed by atoms with Gasteiger partial charge in [0, 0.05) is 18.5 Å². The van der Waals surface area contributed by atoms with Crippen molar-refractivity contribution >= 4 is 37.5 Å². The smallest absolute Gasteiger partial charge is 0.111 e. The second-order valence-electron chi connectivity index (χ2n) is 4.83. The van der Waals surface area contributed by atoms with Crippen LogP contribution in [0.25, 0.3) is 21.1 Å². The zero-order chi connectivity index (χ0) is 13.6. The highest BCUT2D eigenvalue weighted by molar-refractivity contribution is 7.24. The summed E-state index contributed by atoms with van der Waals surface area (Å²) in [5.74, 6) is 0. The van der Waals surface area contributed by atoms with E-state index in [1.807, 2.05) is 7.05 Å². The quantitative estimate of drug-likeness (QED) is 0.751. The third-order valence-electron chi connectivity index (χ3n) is 3.39. The van der Waals surface area contributed by atoms with Crippen molar-refractivity contribution in [2.45, 2.75) is 19.9 Å². The maximum atomic E-state index is 9.47. The van der Waals surface area contributed by atoms with Gasteiger partial charge in [-0.15, -0.1) is 11.3 Å². The number of nitrogens with one attached hydrogen (secondary N) is 1. The third-order valence-corrected chi connectivity index (χ3v) is 4.62. The van der Waals surface area contributed by atoms with Crippen LogP contribution in [0.2, 0.25) is 0 Å². The highest BCUT2D eigenvalue weighted by atomic mass is 32.1. The van der Waals surface area contributed by atoms with Gasteiger partial charge in [0.05, 0.1) is 15.7 Å². The topological polar surface area (TPSA) is 40.8 Å². The average Bonchev–Trinajstić information content (AvgIpc) is 2.91. The summed E-state index contributed by atoms with van der Waals surface area (Å²) < 4.78 is 3.46. The molecule has 0 aliphatic heterocycles. The van der Waals surface area contributed by atoms with Gasteiger partial charge in [0.2, 0.25) is 0 Å². The molecule has 0 bridgehead atoms. The van der Waals surface area contributed by atoms with Gasteiger partial charge in [-0.3, -0.25) is 0 Å². The first-order valence-corrected chi connectivity index (χ1v) is 7.14. The second kappa shape index (κ2) is 4.29. The SMILES string of the molecule is CNc1sc2c3ccccc3n(C(C)C)c2c1C#N. The van der Waals surface area contributed by atoms with Crippen molar-refractivity contribution in [2.24, 2.45) is 0 Å². The predicted molar refractivity (Wildman–Crippen MR) is 82.0 cm³/mol. The Kier molecular flexibility index (Phi) is 2.72. The van der Waals surface area contributed by atoms with E-state index in [4.69, 9.17) is 0 Å². The molecule has 2 heterocycles. The van der Waals surface area contributed by atoms with Crippen molar-refractivity contribution in [3.8, 4) is 6.07 Å². The largest absolute Gasteiger partial charge is 0.379 e. The fourth-order valence-electron chi connectivity index (χ4n) is 2.65. The lowest BCUT2D eigenvalue weighted by Gasteiger charge is -2.11. The van der Waals surface area contributed by atoms with Gasteiger partial charge in [-0.1, -0.05) is 18.2 Å².